The van der Waals surface area contributed by atoms with Crippen LogP contribution in [0.5, 0.6) is 0 Å². The predicted molar refractivity (Wildman–Crippen MR) is 59.2 cm³/mol. The number of ether oxygens (including phenoxy) is 1. The summed E-state index contributed by atoms with van der Waals surface area (Å²) in [6, 6.07) is 0. The van der Waals surface area contributed by atoms with Gasteiger partial charge in [-0.05, 0) is 19.8 Å². The van der Waals surface area contributed by atoms with Crippen molar-refractivity contribution in [2.45, 2.75) is 32.8 Å². The Morgan fingerprint density at radius 2 is 2.00 bits per heavy atom. The molecule has 16 heavy (non-hydrogen) atoms. The first-order valence-electron chi connectivity index (χ1n) is 5.43. The largest absolute Gasteiger partial charge is 0.377 e. The molecule has 1 fully saturated rings. The van der Waals surface area contributed by atoms with Crippen LogP contribution in [-0.2, 0) is 14.3 Å². The summed E-state index contributed by atoms with van der Waals surface area (Å²) in [5.41, 5.74) is 3.50. The maximum Gasteiger partial charge on any atom is 0.257 e. The van der Waals surface area contributed by atoms with Crippen molar-refractivity contribution in [2.24, 2.45) is 5.41 Å². The molecule has 2 amide bonds. The van der Waals surface area contributed by atoms with E-state index >= 15 is 0 Å². The molecule has 0 aromatic heterocycles. The maximum atomic E-state index is 11.8. The summed E-state index contributed by atoms with van der Waals surface area (Å²) in [5.74, 6) is -0.693. The van der Waals surface area contributed by atoms with Gasteiger partial charge in [-0.3, -0.25) is 20.4 Å². The third-order valence-corrected chi connectivity index (χ3v) is 2.83. The lowest BCUT2D eigenvalue weighted by molar-refractivity contribution is -0.146. The first kappa shape index (κ1) is 12.7. The minimum atomic E-state index is -1.17. The Balaban J connectivity index is 2.90. The van der Waals surface area contributed by atoms with Crippen LogP contribution in [0.25, 0.3) is 0 Å². The van der Waals surface area contributed by atoms with Gasteiger partial charge in [0.15, 0.2) is 5.41 Å². The van der Waals surface area contributed by atoms with E-state index in [-0.39, 0.29) is 18.2 Å². The molecule has 0 aliphatic carbocycles. The fourth-order valence-corrected chi connectivity index (χ4v) is 1.82. The second-order valence-electron chi connectivity index (χ2n) is 3.89. The molecule has 1 aliphatic heterocycles. The Morgan fingerprint density at radius 1 is 1.44 bits per heavy atom. The average molecular weight is 226 g/mol. The monoisotopic (exact) mass is 226 g/mol. The smallest absolute Gasteiger partial charge is 0.257 e. The molecule has 1 aliphatic rings. The standard InChI is InChI=1S/C11H18N2O3/c1-4-6-11(8(3)16-7-5-2)9(14)12-13-10(11)15/h4,8H,1,5-7H2,2-3H3,(H,12,14)(H,13,15). The number of hydrogen-bond acceptors (Lipinski definition) is 3. The van der Waals surface area contributed by atoms with E-state index < -0.39 is 11.5 Å². The SMILES string of the molecule is C=CCC1(C(C)OCCC)C(=O)NNC1=O. The normalized spacial score (nSPS) is 20.1. The van der Waals surface area contributed by atoms with Crippen molar-refractivity contribution in [3.8, 4) is 0 Å². The van der Waals surface area contributed by atoms with Crippen LogP contribution in [0.1, 0.15) is 26.7 Å². The van der Waals surface area contributed by atoms with E-state index in [4.69, 9.17) is 4.74 Å². The number of hydrazine groups is 1. The van der Waals surface area contributed by atoms with Gasteiger partial charge in [0.1, 0.15) is 0 Å². The lowest BCUT2D eigenvalue weighted by Gasteiger charge is -2.28. The van der Waals surface area contributed by atoms with Gasteiger partial charge in [0.05, 0.1) is 6.10 Å². The van der Waals surface area contributed by atoms with Gasteiger partial charge in [-0.25, -0.2) is 0 Å². The fourth-order valence-electron chi connectivity index (χ4n) is 1.82. The van der Waals surface area contributed by atoms with Crippen molar-refractivity contribution in [1.82, 2.24) is 10.9 Å². The van der Waals surface area contributed by atoms with Crippen LogP contribution in [0.4, 0.5) is 0 Å². The molecule has 0 saturated carbocycles. The second kappa shape index (κ2) is 5.12. The van der Waals surface area contributed by atoms with Crippen LogP contribution < -0.4 is 10.9 Å². The van der Waals surface area contributed by atoms with Crippen LogP contribution in [0, 0.1) is 5.41 Å². The highest BCUT2D eigenvalue weighted by molar-refractivity contribution is 6.10. The number of hydrogen-bond donors (Lipinski definition) is 2. The molecular formula is C11H18N2O3. The molecule has 5 nitrogen and oxygen atoms in total. The van der Waals surface area contributed by atoms with Crippen LogP contribution in [0.15, 0.2) is 12.7 Å². The molecule has 0 aromatic carbocycles. The molecule has 5 heteroatoms. The minimum Gasteiger partial charge on any atom is -0.377 e. The zero-order chi connectivity index (χ0) is 12.2. The van der Waals surface area contributed by atoms with Crippen molar-refractivity contribution in [2.75, 3.05) is 6.61 Å². The average Bonchev–Trinajstić information content (AvgIpc) is 2.55. The van der Waals surface area contributed by atoms with Crippen LogP contribution in [0.3, 0.4) is 0 Å². The summed E-state index contributed by atoms with van der Waals surface area (Å²) in [4.78, 5) is 23.6. The van der Waals surface area contributed by atoms with Gasteiger partial charge in [0.25, 0.3) is 11.8 Å². The van der Waals surface area contributed by atoms with E-state index in [0.717, 1.165) is 6.42 Å². The van der Waals surface area contributed by atoms with E-state index in [0.29, 0.717) is 6.61 Å². The summed E-state index contributed by atoms with van der Waals surface area (Å²) in [5, 5.41) is 0. The van der Waals surface area contributed by atoms with Gasteiger partial charge in [0, 0.05) is 6.61 Å². The molecule has 0 aromatic rings. The summed E-state index contributed by atoms with van der Waals surface area (Å²) in [7, 11) is 0. The minimum absolute atomic E-state index is 0.273. The summed E-state index contributed by atoms with van der Waals surface area (Å²) in [6.45, 7) is 7.83. The van der Waals surface area contributed by atoms with E-state index in [2.05, 4.69) is 17.4 Å². The number of nitrogens with one attached hydrogen (secondary N) is 2. The Morgan fingerprint density at radius 3 is 2.44 bits per heavy atom. The molecule has 1 atom stereocenters. The van der Waals surface area contributed by atoms with E-state index in [1.54, 1.807) is 13.0 Å². The highest BCUT2D eigenvalue weighted by Gasteiger charge is 2.54. The summed E-state index contributed by atoms with van der Waals surface area (Å²) < 4.78 is 5.50. The fraction of sp³-hybridized carbons (Fsp3) is 0.636. The first-order valence-corrected chi connectivity index (χ1v) is 5.43. The number of rotatable bonds is 6. The Labute approximate surface area is 95.2 Å². The molecule has 1 saturated heterocycles. The van der Waals surface area contributed by atoms with Crippen LogP contribution in [0.2, 0.25) is 0 Å². The van der Waals surface area contributed by atoms with E-state index in [1.807, 2.05) is 6.92 Å². The highest BCUT2D eigenvalue weighted by Crippen LogP contribution is 2.32. The molecule has 0 bridgehead atoms. The molecule has 2 N–H and O–H groups in total. The number of allylic oxidation sites excluding steroid dienone is 1. The lowest BCUT2D eigenvalue weighted by Crippen LogP contribution is -2.46. The molecule has 0 spiro atoms. The van der Waals surface area contributed by atoms with Gasteiger partial charge in [-0.15, -0.1) is 6.58 Å². The molecule has 90 valence electrons. The van der Waals surface area contributed by atoms with Gasteiger partial charge >= 0.3 is 0 Å². The zero-order valence-electron chi connectivity index (χ0n) is 9.71. The van der Waals surface area contributed by atoms with Crippen molar-refractivity contribution in [3.63, 3.8) is 0 Å². The van der Waals surface area contributed by atoms with Crippen molar-refractivity contribution in [3.05, 3.63) is 12.7 Å². The zero-order valence-corrected chi connectivity index (χ0v) is 9.71. The second-order valence-corrected chi connectivity index (χ2v) is 3.89. The van der Waals surface area contributed by atoms with Gasteiger partial charge < -0.3 is 4.74 Å². The summed E-state index contributed by atoms with van der Waals surface area (Å²) in [6.07, 6.45) is 2.22. The number of carbonyl (C=O) groups excluding carboxylic acids is 2. The highest BCUT2D eigenvalue weighted by atomic mass is 16.5. The third kappa shape index (κ3) is 1.95. The van der Waals surface area contributed by atoms with E-state index in [9.17, 15) is 9.59 Å². The van der Waals surface area contributed by atoms with Crippen molar-refractivity contribution >= 4 is 11.8 Å². The van der Waals surface area contributed by atoms with Gasteiger partial charge in [-0.1, -0.05) is 13.0 Å². The summed E-state index contributed by atoms with van der Waals surface area (Å²) >= 11 is 0. The predicted octanol–water partition coefficient (Wildman–Crippen LogP) is 0.525. The van der Waals surface area contributed by atoms with E-state index in [1.165, 1.54) is 0 Å². The van der Waals surface area contributed by atoms with Crippen LogP contribution >= 0.6 is 0 Å². The molecule has 1 unspecified atom stereocenters. The number of carbonyl (C=O) groups is 2. The third-order valence-electron chi connectivity index (χ3n) is 2.83. The Hall–Kier alpha value is -1.36. The molecular weight excluding hydrogens is 208 g/mol. The lowest BCUT2D eigenvalue weighted by atomic mass is 9.79. The molecule has 1 heterocycles. The molecule has 1 rings (SSSR count). The van der Waals surface area contributed by atoms with Gasteiger partial charge in [0.2, 0.25) is 0 Å². The topological polar surface area (TPSA) is 67.4 Å². The van der Waals surface area contributed by atoms with Crippen molar-refractivity contribution in [1.29, 1.82) is 0 Å². The van der Waals surface area contributed by atoms with Gasteiger partial charge in [-0.2, -0.15) is 0 Å². The Bertz CT molecular complexity index is 286. The Kier molecular flexibility index (Phi) is 4.06. The maximum absolute atomic E-state index is 11.8. The van der Waals surface area contributed by atoms with Crippen molar-refractivity contribution < 1.29 is 14.3 Å². The molecule has 0 radical (unpaired) electrons. The first-order chi connectivity index (χ1) is 7.59. The number of amides is 2. The quantitative estimate of drug-likeness (QED) is 0.512. The van der Waals surface area contributed by atoms with Crippen LogP contribution in [-0.4, -0.2) is 24.5 Å².